The Labute approximate surface area is 123 Å². The van der Waals surface area contributed by atoms with Crippen molar-refractivity contribution in [2.45, 2.75) is 13.3 Å². The molecule has 0 saturated heterocycles. The number of rotatable bonds is 7. The zero-order valence-electron chi connectivity index (χ0n) is 11.4. The fraction of sp³-hybridized carbons (Fsp3) is 0.500. The molecule has 112 valence electrons. The van der Waals surface area contributed by atoms with E-state index in [1.807, 2.05) is 6.92 Å². The van der Waals surface area contributed by atoms with Gasteiger partial charge < -0.3 is 10.6 Å². The monoisotopic (exact) mass is 319 g/mol. The molecule has 1 aromatic heterocycles. The zero-order valence-corrected chi connectivity index (χ0v) is 13.0. The van der Waals surface area contributed by atoms with Crippen molar-refractivity contribution in [3.8, 4) is 0 Å². The summed E-state index contributed by atoms with van der Waals surface area (Å²) < 4.78 is 21.9. The SMILES string of the molecule is CCNc1cc(C(=O)NCCCS(C)(=O)=O)c(Cl)cn1. The lowest BCUT2D eigenvalue weighted by atomic mass is 10.2. The Kier molecular flexibility index (Phi) is 6.22. The molecular weight excluding hydrogens is 302 g/mol. The third kappa shape index (κ3) is 5.75. The second-order valence-electron chi connectivity index (χ2n) is 4.32. The lowest BCUT2D eigenvalue weighted by Crippen LogP contribution is -2.26. The minimum atomic E-state index is -3.01. The van der Waals surface area contributed by atoms with Gasteiger partial charge in [-0.05, 0) is 19.4 Å². The lowest BCUT2D eigenvalue weighted by Gasteiger charge is -2.08. The summed E-state index contributed by atoms with van der Waals surface area (Å²) in [5.74, 6) is 0.267. The predicted molar refractivity (Wildman–Crippen MR) is 80.1 cm³/mol. The number of carbonyl (C=O) groups is 1. The fourth-order valence-electron chi connectivity index (χ4n) is 1.52. The molecular formula is C12H18ClN3O3S. The maximum absolute atomic E-state index is 11.9. The van der Waals surface area contributed by atoms with Gasteiger partial charge in [-0.1, -0.05) is 11.6 Å². The summed E-state index contributed by atoms with van der Waals surface area (Å²) in [4.78, 5) is 16.0. The summed E-state index contributed by atoms with van der Waals surface area (Å²) in [5.41, 5.74) is 0.317. The number of nitrogens with one attached hydrogen (secondary N) is 2. The molecule has 1 heterocycles. The van der Waals surface area contributed by atoms with Crippen LogP contribution in [0.15, 0.2) is 12.3 Å². The summed E-state index contributed by atoms with van der Waals surface area (Å²) in [6.45, 7) is 2.88. The van der Waals surface area contributed by atoms with E-state index >= 15 is 0 Å². The molecule has 0 aliphatic heterocycles. The van der Waals surface area contributed by atoms with Gasteiger partial charge in [0.2, 0.25) is 0 Å². The second kappa shape index (κ2) is 7.44. The highest BCUT2D eigenvalue weighted by Crippen LogP contribution is 2.17. The molecule has 2 N–H and O–H groups in total. The summed E-state index contributed by atoms with van der Waals surface area (Å²) in [7, 11) is -3.01. The van der Waals surface area contributed by atoms with Gasteiger partial charge in [0.05, 0.1) is 16.3 Å². The van der Waals surface area contributed by atoms with E-state index in [0.717, 1.165) is 6.26 Å². The Morgan fingerprint density at radius 3 is 2.75 bits per heavy atom. The Balaban J connectivity index is 2.60. The van der Waals surface area contributed by atoms with Crippen molar-refractivity contribution in [1.29, 1.82) is 0 Å². The fourth-order valence-corrected chi connectivity index (χ4v) is 2.38. The molecule has 6 nitrogen and oxygen atoms in total. The third-order valence-electron chi connectivity index (χ3n) is 2.44. The highest BCUT2D eigenvalue weighted by Gasteiger charge is 2.12. The minimum absolute atomic E-state index is 0.0417. The molecule has 8 heteroatoms. The standard InChI is InChI=1S/C12H18ClN3O3S/c1-3-14-11-7-9(10(13)8-16-11)12(17)15-5-4-6-20(2,18)19/h7-8H,3-6H2,1-2H3,(H,14,16)(H,15,17). The maximum Gasteiger partial charge on any atom is 0.252 e. The number of hydrogen-bond acceptors (Lipinski definition) is 5. The summed E-state index contributed by atoms with van der Waals surface area (Å²) in [5, 5.41) is 5.88. The molecule has 0 aliphatic carbocycles. The number of hydrogen-bond donors (Lipinski definition) is 2. The van der Waals surface area contributed by atoms with Gasteiger partial charge in [-0.15, -0.1) is 0 Å². The molecule has 1 aromatic rings. The van der Waals surface area contributed by atoms with Crippen LogP contribution in [0.2, 0.25) is 5.02 Å². The highest BCUT2D eigenvalue weighted by atomic mass is 35.5. The number of anilines is 1. The van der Waals surface area contributed by atoms with Crippen molar-refractivity contribution < 1.29 is 13.2 Å². The van der Waals surface area contributed by atoms with Crippen molar-refractivity contribution in [2.75, 3.05) is 30.4 Å². The van der Waals surface area contributed by atoms with Crippen LogP contribution in [-0.4, -0.2) is 44.4 Å². The average molecular weight is 320 g/mol. The van der Waals surface area contributed by atoms with Crippen LogP contribution in [0.4, 0.5) is 5.82 Å². The summed E-state index contributed by atoms with van der Waals surface area (Å²) >= 11 is 5.93. The molecule has 0 atom stereocenters. The van der Waals surface area contributed by atoms with Crippen molar-refractivity contribution in [3.63, 3.8) is 0 Å². The van der Waals surface area contributed by atoms with Crippen LogP contribution < -0.4 is 10.6 Å². The van der Waals surface area contributed by atoms with E-state index in [9.17, 15) is 13.2 Å². The van der Waals surface area contributed by atoms with Crippen LogP contribution in [-0.2, 0) is 9.84 Å². The molecule has 0 fully saturated rings. The van der Waals surface area contributed by atoms with Crippen LogP contribution >= 0.6 is 11.6 Å². The first-order chi connectivity index (χ1) is 9.33. The van der Waals surface area contributed by atoms with Crippen molar-refractivity contribution in [3.05, 3.63) is 22.8 Å². The number of carbonyl (C=O) groups excluding carboxylic acids is 1. The normalized spacial score (nSPS) is 11.2. The van der Waals surface area contributed by atoms with E-state index in [1.54, 1.807) is 6.07 Å². The van der Waals surface area contributed by atoms with Gasteiger partial charge in [0.25, 0.3) is 5.91 Å². The van der Waals surface area contributed by atoms with E-state index in [0.29, 0.717) is 24.3 Å². The smallest absolute Gasteiger partial charge is 0.252 e. The van der Waals surface area contributed by atoms with Gasteiger partial charge in [-0.3, -0.25) is 4.79 Å². The number of pyridine rings is 1. The largest absolute Gasteiger partial charge is 0.370 e. The van der Waals surface area contributed by atoms with Crippen LogP contribution in [0.3, 0.4) is 0 Å². The van der Waals surface area contributed by atoms with Gasteiger partial charge in [-0.25, -0.2) is 13.4 Å². The second-order valence-corrected chi connectivity index (χ2v) is 6.99. The molecule has 20 heavy (non-hydrogen) atoms. The Bertz CT molecular complexity index is 575. The Morgan fingerprint density at radius 1 is 1.45 bits per heavy atom. The number of halogens is 1. The van der Waals surface area contributed by atoms with Crippen LogP contribution in [0.1, 0.15) is 23.7 Å². The van der Waals surface area contributed by atoms with Crippen LogP contribution in [0, 0.1) is 0 Å². The topological polar surface area (TPSA) is 88.2 Å². The molecule has 0 bridgehead atoms. The van der Waals surface area contributed by atoms with Gasteiger partial charge in [0.1, 0.15) is 15.7 Å². The number of amides is 1. The molecule has 0 radical (unpaired) electrons. The summed E-state index contributed by atoms with van der Waals surface area (Å²) in [6, 6.07) is 1.57. The zero-order chi connectivity index (χ0) is 15.2. The third-order valence-corrected chi connectivity index (χ3v) is 3.77. The minimum Gasteiger partial charge on any atom is -0.370 e. The molecule has 1 amide bonds. The van der Waals surface area contributed by atoms with Crippen LogP contribution in [0.5, 0.6) is 0 Å². The lowest BCUT2D eigenvalue weighted by molar-refractivity contribution is 0.0954. The van der Waals surface area contributed by atoms with E-state index in [-0.39, 0.29) is 23.2 Å². The highest BCUT2D eigenvalue weighted by molar-refractivity contribution is 7.90. The molecule has 0 unspecified atom stereocenters. The first-order valence-electron chi connectivity index (χ1n) is 6.19. The van der Waals surface area contributed by atoms with E-state index < -0.39 is 9.84 Å². The van der Waals surface area contributed by atoms with Crippen molar-refractivity contribution in [1.82, 2.24) is 10.3 Å². The molecule has 1 rings (SSSR count). The predicted octanol–water partition coefficient (Wildman–Crippen LogP) is 1.33. The van der Waals surface area contributed by atoms with E-state index in [1.165, 1.54) is 6.20 Å². The van der Waals surface area contributed by atoms with E-state index in [4.69, 9.17) is 11.6 Å². The first-order valence-corrected chi connectivity index (χ1v) is 8.62. The van der Waals surface area contributed by atoms with Gasteiger partial charge in [0.15, 0.2) is 0 Å². The van der Waals surface area contributed by atoms with Gasteiger partial charge >= 0.3 is 0 Å². The average Bonchev–Trinajstić information content (AvgIpc) is 2.36. The van der Waals surface area contributed by atoms with Crippen molar-refractivity contribution in [2.24, 2.45) is 0 Å². The van der Waals surface area contributed by atoms with Crippen LogP contribution in [0.25, 0.3) is 0 Å². The number of aromatic nitrogens is 1. The number of nitrogens with zero attached hydrogens (tertiary/aromatic N) is 1. The van der Waals surface area contributed by atoms with E-state index in [2.05, 4.69) is 15.6 Å². The first kappa shape index (κ1) is 16.7. The maximum atomic E-state index is 11.9. The van der Waals surface area contributed by atoms with Gasteiger partial charge in [-0.2, -0.15) is 0 Å². The summed E-state index contributed by atoms with van der Waals surface area (Å²) in [6.07, 6.45) is 2.94. The quantitative estimate of drug-likeness (QED) is 0.740. The molecule has 0 spiro atoms. The van der Waals surface area contributed by atoms with Crippen molar-refractivity contribution >= 4 is 33.2 Å². The molecule has 0 aromatic carbocycles. The molecule has 0 saturated carbocycles. The number of sulfone groups is 1. The Morgan fingerprint density at radius 2 is 2.15 bits per heavy atom. The molecule has 0 aliphatic rings. The van der Waals surface area contributed by atoms with Gasteiger partial charge in [0, 0.05) is 25.5 Å². The Hall–Kier alpha value is -1.34.